The molecule has 0 aliphatic carbocycles. The van der Waals surface area contributed by atoms with Crippen molar-refractivity contribution in [1.29, 1.82) is 5.26 Å². The van der Waals surface area contributed by atoms with Crippen LogP contribution in [0.25, 0.3) is 0 Å². The van der Waals surface area contributed by atoms with Gasteiger partial charge in [0, 0.05) is 5.92 Å². The predicted octanol–water partition coefficient (Wildman–Crippen LogP) is 4.58. The number of carboxylic acid groups (broad SMARTS) is 1. The molecular weight excluding hydrogens is 274 g/mol. The highest BCUT2D eigenvalue weighted by Crippen LogP contribution is 2.32. The van der Waals surface area contributed by atoms with Gasteiger partial charge < -0.3 is 5.11 Å². The molecule has 3 heteroatoms. The summed E-state index contributed by atoms with van der Waals surface area (Å²) in [5, 5.41) is 18.3. The Morgan fingerprint density at radius 2 is 1.86 bits per heavy atom. The lowest BCUT2D eigenvalue weighted by Crippen LogP contribution is -2.09. The Morgan fingerprint density at radius 3 is 2.45 bits per heavy atom. The second-order valence-electron chi connectivity index (χ2n) is 5.32. The second-order valence-corrected chi connectivity index (χ2v) is 5.32. The quantitative estimate of drug-likeness (QED) is 0.848. The summed E-state index contributed by atoms with van der Waals surface area (Å²) in [5.41, 5.74) is 2.87. The zero-order valence-corrected chi connectivity index (χ0v) is 12.6. The van der Waals surface area contributed by atoms with Crippen molar-refractivity contribution in [2.75, 3.05) is 0 Å². The third kappa shape index (κ3) is 3.53. The number of aromatic carboxylic acids is 1. The molecule has 0 aliphatic heterocycles. The fourth-order valence-electron chi connectivity index (χ4n) is 2.70. The van der Waals surface area contributed by atoms with Crippen molar-refractivity contribution < 1.29 is 9.90 Å². The Bertz CT molecular complexity index is 683. The molecule has 0 spiro atoms. The highest BCUT2D eigenvalue weighted by Gasteiger charge is 2.20. The van der Waals surface area contributed by atoms with Crippen LogP contribution in [-0.4, -0.2) is 11.1 Å². The van der Waals surface area contributed by atoms with Gasteiger partial charge in [0.1, 0.15) is 0 Å². The number of nitriles is 1. The molecular formula is C19H19NO2. The van der Waals surface area contributed by atoms with Gasteiger partial charge in [-0.15, -0.1) is 0 Å². The summed E-state index contributed by atoms with van der Waals surface area (Å²) in [5.74, 6) is -0.856. The van der Waals surface area contributed by atoms with E-state index in [1.807, 2.05) is 24.3 Å². The molecule has 0 aliphatic rings. The van der Waals surface area contributed by atoms with Crippen LogP contribution < -0.4 is 0 Å². The first-order chi connectivity index (χ1) is 10.7. The molecule has 0 amide bonds. The third-order valence-corrected chi connectivity index (χ3v) is 3.86. The molecule has 0 fully saturated rings. The molecule has 1 N–H and O–H groups in total. The summed E-state index contributed by atoms with van der Waals surface area (Å²) >= 11 is 0. The molecule has 22 heavy (non-hydrogen) atoms. The lowest BCUT2D eigenvalue weighted by Gasteiger charge is -2.20. The fraction of sp³-hybridized carbons (Fsp3) is 0.263. The Balaban J connectivity index is 2.46. The van der Waals surface area contributed by atoms with Gasteiger partial charge in [-0.3, -0.25) is 0 Å². The Labute approximate surface area is 130 Å². The Morgan fingerprint density at radius 1 is 1.18 bits per heavy atom. The van der Waals surface area contributed by atoms with Crippen LogP contribution in [0.5, 0.6) is 0 Å². The van der Waals surface area contributed by atoms with Gasteiger partial charge in [-0.05, 0) is 35.7 Å². The molecule has 112 valence electrons. The summed E-state index contributed by atoms with van der Waals surface area (Å²) in [4.78, 5) is 11.5. The maximum absolute atomic E-state index is 11.5. The fourth-order valence-corrected chi connectivity index (χ4v) is 2.70. The van der Waals surface area contributed by atoms with E-state index in [4.69, 9.17) is 5.26 Å². The van der Waals surface area contributed by atoms with Crippen LogP contribution in [0.4, 0.5) is 0 Å². The van der Waals surface area contributed by atoms with Gasteiger partial charge in [0.05, 0.1) is 17.2 Å². The van der Waals surface area contributed by atoms with E-state index in [-0.39, 0.29) is 5.92 Å². The van der Waals surface area contributed by atoms with Crippen LogP contribution in [0.1, 0.15) is 59.2 Å². The predicted molar refractivity (Wildman–Crippen MR) is 85.9 cm³/mol. The minimum atomic E-state index is -0.897. The topological polar surface area (TPSA) is 61.1 Å². The number of carbonyl (C=O) groups is 1. The van der Waals surface area contributed by atoms with Crippen molar-refractivity contribution in [3.63, 3.8) is 0 Å². The monoisotopic (exact) mass is 293 g/mol. The van der Waals surface area contributed by atoms with Crippen LogP contribution in [0.15, 0.2) is 48.5 Å². The van der Waals surface area contributed by atoms with Crippen molar-refractivity contribution in [1.82, 2.24) is 0 Å². The number of nitrogens with zero attached hydrogens (tertiary/aromatic N) is 1. The molecule has 0 radical (unpaired) electrons. The normalized spacial score (nSPS) is 11.6. The van der Waals surface area contributed by atoms with E-state index in [1.54, 1.807) is 24.3 Å². The molecule has 2 aromatic carbocycles. The number of rotatable bonds is 6. The highest BCUT2D eigenvalue weighted by atomic mass is 16.4. The van der Waals surface area contributed by atoms with E-state index in [1.165, 1.54) is 0 Å². The van der Waals surface area contributed by atoms with Gasteiger partial charge in [-0.1, -0.05) is 50.1 Å². The van der Waals surface area contributed by atoms with Gasteiger partial charge in [0.15, 0.2) is 0 Å². The Kier molecular flexibility index (Phi) is 5.32. The molecule has 2 rings (SSSR count). The lowest BCUT2D eigenvalue weighted by molar-refractivity contribution is 0.0695. The van der Waals surface area contributed by atoms with Crippen LogP contribution >= 0.6 is 0 Å². The lowest BCUT2D eigenvalue weighted by atomic mass is 9.84. The van der Waals surface area contributed by atoms with Crippen LogP contribution in [0.2, 0.25) is 0 Å². The SMILES string of the molecule is CCCCC(c1ccc(C#N)cc1)c1ccccc1C(=O)O. The Hall–Kier alpha value is -2.60. The van der Waals surface area contributed by atoms with E-state index in [2.05, 4.69) is 13.0 Å². The summed E-state index contributed by atoms with van der Waals surface area (Å²) in [7, 11) is 0. The second kappa shape index (κ2) is 7.42. The molecule has 0 heterocycles. The minimum Gasteiger partial charge on any atom is -0.478 e. The maximum atomic E-state index is 11.5. The van der Waals surface area contributed by atoms with E-state index in [9.17, 15) is 9.90 Å². The molecule has 3 nitrogen and oxygen atoms in total. The van der Waals surface area contributed by atoms with Crippen molar-refractivity contribution in [3.05, 3.63) is 70.8 Å². The molecule has 0 saturated carbocycles. The van der Waals surface area contributed by atoms with Gasteiger partial charge in [-0.25, -0.2) is 4.79 Å². The first-order valence-electron chi connectivity index (χ1n) is 7.49. The van der Waals surface area contributed by atoms with Crippen LogP contribution in [-0.2, 0) is 0 Å². The minimum absolute atomic E-state index is 0.0417. The number of benzene rings is 2. The van der Waals surface area contributed by atoms with E-state index in [0.717, 1.165) is 30.4 Å². The van der Waals surface area contributed by atoms with Crippen molar-refractivity contribution in [2.24, 2.45) is 0 Å². The molecule has 0 saturated heterocycles. The van der Waals surface area contributed by atoms with Gasteiger partial charge in [0.25, 0.3) is 0 Å². The maximum Gasteiger partial charge on any atom is 0.335 e. The van der Waals surface area contributed by atoms with Crippen LogP contribution in [0, 0.1) is 11.3 Å². The number of carboxylic acids is 1. The third-order valence-electron chi connectivity index (χ3n) is 3.86. The van der Waals surface area contributed by atoms with E-state index in [0.29, 0.717) is 11.1 Å². The van der Waals surface area contributed by atoms with Crippen molar-refractivity contribution in [2.45, 2.75) is 32.1 Å². The molecule has 0 aromatic heterocycles. The summed E-state index contributed by atoms with van der Waals surface area (Å²) < 4.78 is 0. The first-order valence-corrected chi connectivity index (χ1v) is 7.49. The summed E-state index contributed by atoms with van der Waals surface area (Å²) in [6.07, 6.45) is 2.98. The van der Waals surface area contributed by atoms with Crippen LogP contribution in [0.3, 0.4) is 0 Å². The molecule has 2 aromatic rings. The number of hydrogen-bond acceptors (Lipinski definition) is 2. The number of unbranched alkanes of at least 4 members (excludes halogenated alkanes) is 1. The highest BCUT2D eigenvalue weighted by molar-refractivity contribution is 5.89. The zero-order valence-electron chi connectivity index (χ0n) is 12.6. The molecule has 0 bridgehead atoms. The van der Waals surface area contributed by atoms with Gasteiger partial charge in [0.2, 0.25) is 0 Å². The summed E-state index contributed by atoms with van der Waals surface area (Å²) in [6.45, 7) is 2.12. The molecule has 1 unspecified atom stereocenters. The van der Waals surface area contributed by atoms with E-state index >= 15 is 0 Å². The van der Waals surface area contributed by atoms with Crippen molar-refractivity contribution >= 4 is 5.97 Å². The zero-order chi connectivity index (χ0) is 15.9. The van der Waals surface area contributed by atoms with Gasteiger partial charge in [-0.2, -0.15) is 5.26 Å². The van der Waals surface area contributed by atoms with Gasteiger partial charge >= 0.3 is 5.97 Å². The van der Waals surface area contributed by atoms with E-state index < -0.39 is 5.97 Å². The number of hydrogen-bond donors (Lipinski definition) is 1. The largest absolute Gasteiger partial charge is 0.478 e. The summed E-state index contributed by atoms with van der Waals surface area (Å²) in [6, 6.07) is 16.7. The average molecular weight is 293 g/mol. The van der Waals surface area contributed by atoms with Crippen molar-refractivity contribution in [3.8, 4) is 6.07 Å². The standard InChI is InChI=1S/C19H19NO2/c1-2-3-6-16(15-11-9-14(13-20)10-12-15)17-7-4-5-8-18(17)19(21)22/h4-5,7-12,16H,2-3,6H2,1H3,(H,21,22). The smallest absolute Gasteiger partial charge is 0.335 e. The first kappa shape index (κ1) is 15.8. The average Bonchev–Trinajstić information content (AvgIpc) is 2.56. The molecule has 1 atom stereocenters.